The summed E-state index contributed by atoms with van der Waals surface area (Å²) >= 11 is 13.2. The maximum absolute atomic E-state index is 14.1. The third-order valence-electron chi connectivity index (χ3n) is 3.33. The van der Waals surface area contributed by atoms with Crippen molar-refractivity contribution in [1.29, 1.82) is 0 Å². The maximum Gasteiger partial charge on any atom is 0.411 e. The number of aromatic nitrogens is 1. The minimum absolute atomic E-state index is 0.116. The van der Waals surface area contributed by atoms with Gasteiger partial charge in [-0.05, 0) is 37.3 Å². The summed E-state index contributed by atoms with van der Waals surface area (Å²) in [5.74, 6) is -0.0253. The Balaban J connectivity index is 1.87. The van der Waals surface area contributed by atoms with Crippen molar-refractivity contribution in [3.05, 3.63) is 51.8 Å². The smallest absolute Gasteiger partial charge is 0.411 e. The number of hydrogen-bond donors (Lipinski definition) is 1. The van der Waals surface area contributed by atoms with Crippen LogP contribution in [-0.2, 0) is 0 Å². The summed E-state index contributed by atoms with van der Waals surface area (Å²) in [6.45, 7) is 1.67. The van der Waals surface area contributed by atoms with E-state index in [2.05, 4.69) is 4.98 Å². The average Bonchev–Trinajstić information content (AvgIpc) is 2.92. The van der Waals surface area contributed by atoms with Crippen LogP contribution in [0.3, 0.4) is 0 Å². The van der Waals surface area contributed by atoms with Crippen LogP contribution in [0.2, 0.25) is 10.0 Å². The zero-order chi connectivity index (χ0) is 18.1. The number of nitrogens with two attached hydrogens (primary N) is 1. The van der Waals surface area contributed by atoms with Gasteiger partial charge in [-0.15, -0.1) is 0 Å². The number of halogens is 3. The summed E-state index contributed by atoms with van der Waals surface area (Å²) in [4.78, 5) is 14.9. The normalized spacial score (nSPS) is 12.2. The Morgan fingerprint density at radius 3 is 2.80 bits per heavy atom. The molecule has 130 valence electrons. The largest absolute Gasteiger partial charge is 0.486 e. The van der Waals surface area contributed by atoms with E-state index < -0.39 is 18.0 Å². The standard InChI is InChI=1S/C16H11Cl2FN2O3S/c1-7(13-10(19)4-3-9(17)14(13)18)23-8-2-5-11-12(6-8)25-16(21-11)24-15(20)22/h2-7H,1H3,(H2,20,22). The number of amides is 1. The molecule has 3 aromatic rings. The molecular formula is C16H11Cl2FN2O3S. The van der Waals surface area contributed by atoms with Gasteiger partial charge in [-0.2, -0.15) is 0 Å². The van der Waals surface area contributed by atoms with Crippen LogP contribution in [0.1, 0.15) is 18.6 Å². The number of carbonyl (C=O) groups excluding carboxylic acids is 1. The number of hydrogen-bond acceptors (Lipinski definition) is 5. The van der Waals surface area contributed by atoms with Crippen LogP contribution in [0.15, 0.2) is 30.3 Å². The predicted molar refractivity (Wildman–Crippen MR) is 95.3 cm³/mol. The van der Waals surface area contributed by atoms with E-state index in [0.717, 1.165) is 16.0 Å². The third kappa shape index (κ3) is 3.78. The minimum Gasteiger partial charge on any atom is -0.486 e. The molecule has 0 spiro atoms. The summed E-state index contributed by atoms with van der Waals surface area (Å²) in [7, 11) is 0. The summed E-state index contributed by atoms with van der Waals surface area (Å²) in [6, 6.07) is 7.69. The highest BCUT2D eigenvalue weighted by molar-refractivity contribution is 7.20. The van der Waals surface area contributed by atoms with Crippen LogP contribution < -0.4 is 15.2 Å². The monoisotopic (exact) mass is 400 g/mol. The molecule has 0 aliphatic heterocycles. The SMILES string of the molecule is CC(Oc1ccc2nc(OC(N)=O)sc2c1)c1c(F)ccc(Cl)c1Cl. The fourth-order valence-electron chi connectivity index (χ4n) is 2.27. The molecule has 5 nitrogen and oxygen atoms in total. The topological polar surface area (TPSA) is 74.4 Å². The van der Waals surface area contributed by atoms with Crippen LogP contribution in [-0.4, -0.2) is 11.1 Å². The summed E-state index contributed by atoms with van der Waals surface area (Å²) < 4.78 is 25.3. The second-order valence-electron chi connectivity index (χ2n) is 5.05. The molecule has 0 saturated heterocycles. The van der Waals surface area contributed by atoms with E-state index >= 15 is 0 Å². The van der Waals surface area contributed by atoms with Gasteiger partial charge in [0.15, 0.2) is 0 Å². The fraction of sp³-hybridized carbons (Fsp3) is 0.125. The Kier molecular flexibility index (Phi) is 4.99. The number of rotatable bonds is 4. The molecule has 0 radical (unpaired) electrons. The lowest BCUT2D eigenvalue weighted by molar-refractivity contribution is 0.210. The molecule has 0 aliphatic rings. The lowest BCUT2D eigenvalue weighted by atomic mass is 10.1. The number of primary amides is 1. The van der Waals surface area contributed by atoms with Crippen molar-refractivity contribution in [1.82, 2.24) is 4.98 Å². The Morgan fingerprint density at radius 1 is 1.32 bits per heavy atom. The van der Waals surface area contributed by atoms with E-state index in [9.17, 15) is 9.18 Å². The van der Waals surface area contributed by atoms with Crippen molar-refractivity contribution < 1.29 is 18.7 Å². The van der Waals surface area contributed by atoms with Crippen LogP contribution >= 0.6 is 34.5 Å². The average molecular weight is 401 g/mol. The van der Waals surface area contributed by atoms with Crippen molar-refractivity contribution in [3.63, 3.8) is 0 Å². The molecule has 0 fully saturated rings. The van der Waals surface area contributed by atoms with Gasteiger partial charge in [0.1, 0.15) is 17.7 Å². The quantitative estimate of drug-likeness (QED) is 0.599. The van der Waals surface area contributed by atoms with E-state index in [-0.39, 0.29) is 20.8 Å². The molecule has 2 aromatic carbocycles. The molecule has 1 atom stereocenters. The molecule has 1 unspecified atom stereocenters. The molecule has 1 aromatic heterocycles. The first-order valence-corrected chi connectivity index (χ1v) is 8.60. The number of thiazole rings is 1. The van der Waals surface area contributed by atoms with Crippen LogP contribution in [0.5, 0.6) is 10.9 Å². The first-order valence-electron chi connectivity index (χ1n) is 7.03. The highest BCUT2D eigenvalue weighted by Gasteiger charge is 2.19. The summed E-state index contributed by atoms with van der Waals surface area (Å²) in [5, 5.41) is 0.501. The van der Waals surface area contributed by atoms with Crippen molar-refractivity contribution in [2.75, 3.05) is 0 Å². The molecule has 1 amide bonds. The fourth-order valence-corrected chi connectivity index (χ4v) is 3.59. The molecule has 9 heteroatoms. The Labute approximate surface area is 156 Å². The van der Waals surface area contributed by atoms with Crippen LogP contribution in [0, 0.1) is 5.82 Å². The molecular weight excluding hydrogens is 390 g/mol. The lowest BCUT2D eigenvalue weighted by Crippen LogP contribution is -2.15. The van der Waals surface area contributed by atoms with Gasteiger partial charge in [-0.3, -0.25) is 0 Å². The second-order valence-corrected chi connectivity index (χ2v) is 6.83. The number of fused-ring (bicyclic) bond motifs is 1. The van der Waals surface area contributed by atoms with E-state index in [0.29, 0.717) is 11.3 Å². The van der Waals surface area contributed by atoms with Crippen LogP contribution in [0.25, 0.3) is 10.2 Å². The van der Waals surface area contributed by atoms with Gasteiger partial charge in [-0.25, -0.2) is 14.2 Å². The minimum atomic E-state index is -0.935. The Morgan fingerprint density at radius 2 is 2.08 bits per heavy atom. The van der Waals surface area contributed by atoms with Gasteiger partial charge in [0.05, 0.1) is 20.3 Å². The van der Waals surface area contributed by atoms with Gasteiger partial charge >= 0.3 is 6.09 Å². The van der Waals surface area contributed by atoms with Crippen molar-refractivity contribution >= 4 is 50.8 Å². The van der Waals surface area contributed by atoms with Gasteiger partial charge in [0.2, 0.25) is 0 Å². The molecule has 2 N–H and O–H groups in total. The highest BCUT2D eigenvalue weighted by atomic mass is 35.5. The highest BCUT2D eigenvalue weighted by Crippen LogP contribution is 2.36. The molecule has 0 bridgehead atoms. The van der Waals surface area contributed by atoms with Gasteiger partial charge < -0.3 is 15.2 Å². The number of nitrogens with zero attached hydrogens (tertiary/aromatic N) is 1. The predicted octanol–water partition coefficient (Wildman–Crippen LogP) is 5.34. The van der Waals surface area contributed by atoms with Gasteiger partial charge in [-0.1, -0.05) is 34.5 Å². The van der Waals surface area contributed by atoms with Crippen molar-refractivity contribution in [3.8, 4) is 10.9 Å². The number of benzene rings is 2. The zero-order valence-corrected chi connectivity index (χ0v) is 15.1. The second kappa shape index (κ2) is 7.03. The van der Waals surface area contributed by atoms with Crippen molar-refractivity contribution in [2.45, 2.75) is 13.0 Å². The Bertz CT molecular complexity index is 964. The molecule has 0 aliphatic carbocycles. The first-order chi connectivity index (χ1) is 11.8. The van der Waals surface area contributed by atoms with E-state index in [1.165, 1.54) is 12.1 Å². The Hall–Kier alpha value is -2.09. The summed E-state index contributed by atoms with van der Waals surface area (Å²) in [6.07, 6.45) is -1.60. The summed E-state index contributed by atoms with van der Waals surface area (Å²) in [5.41, 5.74) is 5.76. The van der Waals surface area contributed by atoms with Crippen molar-refractivity contribution in [2.24, 2.45) is 5.73 Å². The molecule has 25 heavy (non-hydrogen) atoms. The molecule has 0 saturated carbocycles. The molecule has 3 rings (SSSR count). The van der Waals surface area contributed by atoms with E-state index in [1.54, 1.807) is 25.1 Å². The maximum atomic E-state index is 14.1. The van der Waals surface area contributed by atoms with Gasteiger partial charge in [0, 0.05) is 5.56 Å². The number of carbonyl (C=O) groups is 1. The number of ether oxygens (including phenoxy) is 2. The van der Waals surface area contributed by atoms with Crippen LogP contribution in [0.4, 0.5) is 9.18 Å². The molecule has 1 heterocycles. The van der Waals surface area contributed by atoms with E-state index in [4.69, 9.17) is 38.4 Å². The third-order valence-corrected chi connectivity index (χ3v) is 5.04. The lowest BCUT2D eigenvalue weighted by Gasteiger charge is -2.17. The zero-order valence-electron chi connectivity index (χ0n) is 12.8. The van der Waals surface area contributed by atoms with Gasteiger partial charge in [0.25, 0.3) is 5.19 Å². The first kappa shape index (κ1) is 17.7. The van der Waals surface area contributed by atoms with E-state index in [1.807, 2.05) is 0 Å².